The molecule has 0 aliphatic heterocycles. The zero-order valence-electron chi connectivity index (χ0n) is 26.8. The van der Waals surface area contributed by atoms with E-state index in [1.54, 1.807) is 5.57 Å². The quantitative estimate of drug-likeness (QED) is 0.198. The Morgan fingerprint density at radius 1 is 0.723 bits per heavy atom. The topological polar surface area (TPSA) is 51.8 Å². The van der Waals surface area contributed by atoms with Crippen LogP contribution in [0.2, 0.25) is 0 Å². The van der Waals surface area contributed by atoms with E-state index in [0.717, 1.165) is 97.7 Å². The van der Waals surface area contributed by atoms with E-state index in [1.165, 1.54) is 39.6 Å². The average molecular weight is 614 g/mol. The molecule has 0 N–H and O–H groups in total. The van der Waals surface area contributed by atoms with Crippen LogP contribution in [0, 0.1) is 5.92 Å². The lowest BCUT2D eigenvalue weighted by molar-refractivity contribution is 0.481. The third-order valence-corrected chi connectivity index (χ3v) is 10.7. The summed E-state index contributed by atoms with van der Waals surface area (Å²) in [5, 5.41) is 1.19. The van der Waals surface area contributed by atoms with E-state index in [1.807, 2.05) is 0 Å². The Kier molecular flexibility index (Phi) is 7.30. The second kappa shape index (κ2) is 12.1. The highest BCUT2D eigenvalue weighted by Gasteiger charge is 2.31. The Morgan fingerprint density at radius 3 is 2.49 bits per heavy atom. The van der Waals surface area contributed by atoms with Crippen molar-refractivity contribution in [2.24, 2.45) is 5.92 Å². The number of fused-ring (bicyclic) bond motifs is 4. The minimum absolute atomic E-state index is 0.0890. The van der Waals surface area contributed by atoms with Crippen molar-refractivity contribution >= 4 is 28.2 Å². The van der Waals surface area contributed by atoms with Crippen molar-refractivity contribution in [2.45, 2.75) is 70.1 Å². The van der Waals surface area contributed by atoms with Gasteiger partial charge >= 0.3 is 0 Å². The Labute approximate surface area is 276 Å². The summed E-state index contributed by atoms with van der Waals surface area (Å²) in [6.07, 6.45) is 22.5. The first-order chi connectivity index (χ1) is 23.3. The molecular weight excluding hydrogens is 574 g/mol. The van der Waals surface area contributed by atoms with Crippen molar-refractivity contribution < 1.29 is 4.42 Å². The summed E-state index contributed by atoms with van der Waals surface area (Å²) in [5.41, 5.74) is 11.6. The molecule has 0 saturated carbocycles. The molecule has 5 aromatic rings. The van der Waals surface area contributed by atoms with Gasteiger partial charge < -0.3 is 4.42 Å². The predicted octanol–water partition coefficient (Wildman–Crippen LogP) is 10.7. The van der Waals surface area contributed by atoms with Gasteiger partial charge in [-0.25, -0.2) is 15.0 Å². The average Bonchev–Trinajstić information content (AvgIpc) is 3.54. The van der Waals surface area contributed by atoms with Gasteiger partial charge in [-0.3, -0.25) is 0 Å². The van der Waals surface area contributed by atoms with Crippen molar-refractivity contribution in [1.29, 1.82) is 0 Å². The lowest BCUT2D eigenvalue weighted by Crippen LogP contribution is -2.15. The van der Waals surface area contributed by atoms with Crippen molar-refractivity contribution in [3.05, 3.63) is 142 Å². The van der Waals surface area contributed by atoms with Crippen LogP contribution in [0.15, 0.2) is 107 Å². The summed E-state index contributed by atoms with van der Waals surface area (Å²) in [6, 6.07) is 26.1. The molecule has 2 heterocycles. The molecule has 4 aliphatic rings. The lowest BCUT2D eigenvalue weighted by atomic mass is 9.77. The van der Waals surface area contributed by atoms with Gasteiger partial charge in [0.1, 0.15) is 17.2 Å². The fourth-order valence-electron chi connectivity index (χ4n) is 8.20. The molecule has 0 bridgehead atoms. The van der Waals surface area contributed by atoms with E-state index in [2.05, 4.69) is 103 Å². The molecule has 4 nitrogen and oxygen atoms in total. The molecule has 4 heteroatoms. The smallest absolute Gasteiger partial charge is 0.163 e. The normalized spacial score (nSPS) is 20.6. The second-order valence-corrected chi connectivity index (χ2v) is 13.6. The summed E-state index contributed by atoms with van der Waals surface area (Å²) in [5.74, 6) is 4.22. The van der Waals surface area contributed by atoms with Crippen LogP contribution in [0.5, 0.6) is 0 Å². The SMILES string of the molecule is C1=CC(c2nc(-c3ccc4c(c3)CCC(C3CC=C(c5ccccc5)CC3)=C4)nc(C3CCCc4oc5ccccc5c43)n2)=CCC1. The maximum absolute atomic E-state index is 6.34. The number of hydrogen-bond acceptors (Lipinski definition) is 4. The van der Waals surface area contributed by atoms with Gasteiger partial charge in [0.2, 0.25) is 0 Å². The summed E-state index contributed by atoms with van der Waals surface area (Å²) in [7, 11) is 0. The van der Waals surface area contributed by atoms with E-state index in [0.29, 0.717) is 5.92 Å². The van der Waals surface area contributed by atoms with Crippen molar-refractivity contribution in [2.75, 3.05) is 0 Å². The summed E-state index contributed by atoms with van der Waals surface area (Å²) >= 11 is 0. The number of nitrogens with zero attached hydrogens (tertiary/aromatic N) is 3. The molecule has 2 aromatic heterocycles. The second-order valence-electron chi connectivity index (χ2n) is 13.6. The number of rotatable bonds is 5. The van der Waals surface area contributed by atoms with Crippen LogP contribution >= 0.6 is 0 Å². The van der Waals surface area contributed by atoms with Gasteiger partial charge in [-0.2, -0.15) is 0 Å². The molecule has 0 spiro atoms. The Balaban J connectivity index is 1.05. The number of aryl methyl sites for hydroxylation is 2. The van der Waals surface area contributed by atoms with Crippen LogP contribution in [-0.4, -0.2) is 15.0 Å². The van der Waals surface area contributed by atoms with Gasteiger partial charge in [0.05, 0.1) is 0 Å². The molecule has 47 heavy (non-hydrogen) atoms. The maximum atomic E-state index is 6.34. The first-order valence-electron chi connectivity index (χ1n) is 17.5. The Morgan fingerprint density at radius 2 is 1.62 bits per heavy atom. The summed E-state index contributed by atoms with van der Waals surface area (Å²) < 4.78 is 6.34. The van der Waals surface area contributed by atoms with Crippen LogP contribution in [-0.2, 0) is 12.8 Å². The maximum Gasteiger partial charge on any atom is 0.163 e. The first kappa shape index (κ1) is 28.4. The Bertz CT molecular complexity index is 2110. The Hall–Kier alpha value is -4.83. The third kappa shape index (κ3) is 5.40. The summed E-state index contributed by atoms with van der Waals surface area (Å²) in [6.45, 7) is 0. The number of hydrogen-bond donors (Lipinski definition) is 0. The molecule has 0 amide bonds. The van der Waals surface area contributed by atoms with E-state index in [9.17, 15) is 0 Å². The standard InChI is InChI=1S/C43H39N3O/c1-3-10-28(11-4-1)29-18-20-30(21-19-29)32-22-23-34-27-35(25-24-33(34)26-32)42-44-41(31-12-5-2-6-13-31)45-43(46-42)37-15-9-17-39-40(37)36-14-7-8-16-38(36)47-39/h1,3-5,7-8,10-14,16,18,24-27,30,37H,2,6,9,15,17,19-23H2. The van der Waals surface area contributed by atoms with Crippen LogP contribution in [0.1, 0.15) is 96.9 Å². The third-order valence-electron chi connectivity index (χ3n) is 10.7. The molecule has 0 fully saturated rings. The van der Waals surface area contributed by atoms with Gasteiger partial charge in [0.25, 0.3) is 0 Å². The highest BCUT2D eigenvalue weighted by molar-refractivity contribution is 5.83. The molecule has 0 radical (unpaired) electrons. The van der Waals surface area contributed by atoms with Crippen LogP contribution in [0.3, 0.4) is 0 Å². The highest BCUT2D eigenvalue weighted by atomic mass is 16.3. The summed E-state index contributed by atoms with van der Waals surface area (Å²) in [4.78, 5) is 15.5. The van der Waals surface area contributed by atoms with Crippen molar-refractivity contribution in [3.8, 4) is 11.4 Å². The van der Waals surface area contributed by atoms with Crippen molar-refractivity contribution in [1.82, 2.24) is 15.0 Å². The van der Waals surface area contributed by atoms with E-state index < -0.39 is 0 Å². The van der Waals surface area contributed by atoms with E-state index in [-0.39, 0.29) is 5.92 Å². The largest absolute Gasteiger partial charge is 0.461 e. The number of allylic oxidation sites excluding steroid dienone is 7. The lowest BCUT2D eigenvalue weighted by Gasteiger charge is -2.28. The zero-order chi connectivity index (χ0) is 31.2. The molecule has 0 saturated heterocycles. The van der Waals surface area contributed by atoms with Gasteiger partial charge in [0.15, 0.2) is 11.6 Å². The fraction of sp³-hybridized carbons (Fsp3) is 0.279. The first-order valence-corrected chi connectivity index (χ1v) is 17.5. The van der Waals surface area contributed by atoms with Crippen molar-refractivity contribution in [3.63, 3.8) is 0 Å². The molecule has 4 aliphatic carbocycles. The van der Waals surface area contributed by atoms with Gasteiger partial charge in [-0.05, 0) is 98.1 Å². The van der Waals surface area contributed by atoms with Crippen LogP contribution in [0.25, 0.3) is 39.6 Å². The molecule has 9 rings (SSSR count). The van der Waals surface area contributed by atoms with E-state index in [4.69, 9.17) is 19.4 Å². The molecule has 3 aromatic carbocycles. The van der Waals surface area contributed by atoms with Crippen LogP contribution in [0.4, 0.5) is 0 Å². The molecule has 2 atom stereocenters. The molecular formula is C43H39N3O. The number of aromatic nitrogens is 3. The minimum atomic E-state index is 0.0890. The minimum Gasteiger partial charge on any atom is -0.461 e. The van der Waals surface area contributed by atoms with Gasteiger partial charge in [-0.15, -0.1) is 0 Å². The number of benzene rings is 3. The number of furan rings is 1. The van der Waals surface area contributed by atoms with Gasteiger partial charge in [0, 0.05) is 34.4 Å². The zero-order valence-corrected chi connectivity index (χ0v) is 26.8. The molecule has 232 valence electrons. The van der Waals surface area contributed by atoms with Crippen LogP contribution < -0.4 is 0 Å². The van der Waals surface area contributed by atoms with E-state index >= 15 is 0 Å². The highest BCUT2D eigenvalue weighted by Crippen LogP contribution is 2.43. The fourth-order valence-corrected chi connectivity index (χ4v) is 8.20. The van der Waals surface area contributed by atoms with Gasteiger partial charge in [-0.1, -0.05) is 96.6 Å². The predicted molar refractivity (Wildman–Crippen MR) is 191 cm³/mol. The molecule has 2 unspecified atom stereocenters. The monoisotopic (exact) mass is 613 g/mol. The number of para-hydroxylation sites is 1.